The Hall–Kier alpha value is -4.39. The number of ether oxygens (including phenoxy) is 4. The summed E-state index contributed by atoms with van der Waals surface area (Å²) in [6.45, 7) is 8.31. The van der Waals surface area contributed by atoms with Crippen molar-refractivity contribution in [1.82, 2.24) is 0 Å². The number of hydrogen-bond donors (Lipinski definition) is 0. The zero-order valence-electron chi connectivity index (χ0n) is 23.1. The van der Waals surface area contributed by atoms with Crippen molar-refractivity contribution in [3.8, 4) is 17.2 Å². The Morgan fingerprint density at radius 2 is 1.27 bits per heavy atom. The third kappa shape index (κ3) is 9.73. The molecule has 0 aliphatic carbocycles. The lowest BCUT2D eigenvalue weighted by atomic mass is 10.1. The molecule has 0 aliphatic rings. The summed E-state index contributed by atoms with van der Waals surface area (Å²) in [5.74, 6) is 0.150. The fraction of sp³-hybridized carbons (Fsp3) is 0.303. The number of unbranched alkanes of at least 4 members (excludes halogenated alkanes) is 4. The minimum Gasteiger partial charge on any atom is -0.493 e. The molecule has 0 atom stereocenters. The normalized spacial score (nSPS) is 10.4. The minimum atomic E-state index is -0.500. The molecule has 0 N–H and O–H groups in total. The second kappa shape index (κ2) is 15.9. The maximum atomic E-state index is 12.7. The van der Waals surface area contributed by atoms with Crippen LogP contribution in [0.25, 0.3) is 0 Å². The van der Waals surface area contributed by atoms with Crippen LogP contribution in [0.2, 0.25) is 0 Å². The Balaban J connectivity index is 1.40. The van der Waals surface area contributed by atoms with Crippen LogP contribution < -0.4 is 14.2 Å². The third-order valence-electron chi connectivity index (χ3n) is 6.21. The Morgan fingerprint density at radius 3 is 1.88 bits per heavy atom. The van der Waals surface area contributed by atoms with Gasteiger partial charge in [-0.25, -0.2) is 14.4 Å². The number of hydrogen-bond acceptors (Lipinski definition) is 7. The molecule has 210 valence electrons. The molecule has 0 aromatic heterocycles. The zero-order chi connectivity index (χ0) is 28.7. The highest BCUT2D eigenvalue weighted by Crippen LogP contribution is 2.22. The van der Waals surface area contributed by atoms with Crippen molar-refractivity contribution in [2.24, 2.45) is 0 Å². The summed E-state index contributed by atoms with van der Waals surface area (Å²) in [6, 6.07) is 18.8. The summed E-state index contributed by atoms with van der Waals surface area (Å²) in [4.78, 5) is 36.1. The molecule has 3 aromatic rings. The molecule has 7 nitrogen and oxygen atoms in total. The summed E-state index contributed by atoms with van der Waals surface area (Å²) in [6.07, 6.45) is 6.86. The van der Waals surface area contributed by atoms with Crippen molar-refractivity contribution in [2.75, 3.05) is 13.2 Å². The van der Waals surface area contributed by atoms with Crippen LogP contribution in [0, 0.1) is 6.92 Å². The SMILES string of the molecule is C=CC(=O)OCCCCCCCOc1ccc(C(=O)Oc2ccc(C(=O)Oc3ccc(CC)cc3)cc2)cc1C. The number of carbonyl (C=O) groups excluding carboxylic acids is 3. The van der Waals surface area contributed by atoms with Crippen molar-refractivity contribution < 1.29 is 33.3 Å². The van der Waals surface area contributed by atoms with Crippen molar-refractivity contribution in [1.29, 1.82) is 0 Å². The Morgan fingerprint density at radius 1 is 0.725 bits per heavy atom. The summed E-state index contributed by atoms with van der Waals surface area (Å²) >= 11 is 0. The summed E-state index contributed by atoms with van der Waals surface area (Å²) < 4.78 is 21.7. The van der Waals surface area contributed by atoms with Crippen LogP contribution in [0.5, 0.6) is 17.2 Å². The van der Waals surface area contributed by atoms with Crippen LogP contribution in [-0.4, -0.2) is 31.1 Å². The Bertz CT molecular complexity index is 1280. The molecule has 0 aliphatic heterocycles. The number of carbonyl (C=O) groups is 3. The maximum Gasteiger partial charge on any atom is 0.343 e. The minimum absolute atomic E-state index is 0.325. The van der Waals surface area contributed by atoms with E-state index in [1.165, 1.54) is 6.08 Å². The van der Waals surface area contributed by atoms with Gasteiger partial charge in [0.1, 0.15) is 17.2 Å². The van der Waals surface area contributed by atoms with E-state index in [1.54, 1.807) is 54.6 Å². The van der Waals surface area contributed by atoms with E-state index in [0.29, 0.717) is 35.8 Å². The maximum absolute atomic E-state index is 12.7. The number of aryl methyl sites for hydroxylation is 2. The van der Waals surface area contributed by atoms with Crippen LogP contribution in [0.15, 0.2) is 79.4 Å². The zero-order valence-corrected chi connectivity index (χ0v) is 23.1. The lowest BCUT2D eigenvalue weighted by Gasteiger charge is -2.11. The number of benzene rings is 3. The van der Waals surface area contributed by atoms with Gasteiger partial charge in [0.15, 0.2) is 0 Å². The highest BCUT2D eigenvalue weighted by Gasteiger charge is 2.13. The second-order valence-electron chi connectivity index (χ2n) is 9.27. The topological polar surface area (TPSA) is 88.1 Å². The average molecular weight is 545 g/mol. The molecule has 0 saturated carbocycles. The van der Waals surface area contributed by atoms with Crippen LogP contribution >= 0.6 is 0 Å². The van der Waals surface area contributed by atoms with Gasteiger partial charge in [0.25, 0.3) is 0 Å². The fourth-order valence-electron chi connectivity index (χ4n) is 3.87. The molecular formula is C33H36O7. The molecule has 0 saturated heterocycles. The molecule has 0 radical (unpaired) electrons. The molecule has 0 fully saturated rings. The molecule has 0 amide bonds. The van der Waals surface area contributed by atoms with Crippen molar-refractivity contribution in [3.63, 3.8) is 0 Å². The lowest BCUT2D eigenvalue weighted by molar-refractivity contribution is -0.137. The molecule has 7 heteroatoms. The molecule has 40 heavy (non-hydrogen) atoms. The molecular weight excluding hydrogens is 508 g/mol. The summed E-state index contributed by atoms with van der Waals surface area (Å²) in [7, 11) is 0. The van der Waals surface area contributed by atoms with Gasteiger partial charge in [0.05, 0.1) is 24.3 Å². The highest BCUT2D eigenvalue weighted by molar-refractivity contribution is 5.93. The van der Waals surface area contributed by atoms with Crippen LogP contribution in [0.4, 0.5) is 0 Å². The van der Waals surface area contributed by atoms with E-state index in [1.807, 2.05) is 19.1 Å². The summed E-state index contributed by atoms with van der Waals surface area (Å²) in [5, 5.41) is 0. The summed E-state index contributed by atoms with van der Waals surface area (Å²) in [5.41, 5.74) is 2.75. The standard InChI is InChI=1S/C33H36O7/c1-4-25-11-16-28(17-12-25)39-32(35)26-13-18-29(19-14-26)40-33(36)27-15-20-30(24(3)23-27)37-21-9-7-6-8-10-22-38-31(34)5-2/h5,11-20,23H,2,4,6-10,21-22H2,1,3H3. The number of esters is 3. The smallest absolute Gasteiger partial charge is 0.343 e. The van der Waals surface area contributed by atoms with Gasteiger partial charge in [0.2, 0.25) is 0 Å². The van der Waals surface area contributed by atoms with E-state index >= 15 is 0 Å². The van der Waals surface area contributed by atoms with E-state index in [-0.39, 0.29) is 5.97 Å². The van der Waals surface area contributed by atoms with Crippen molar-refractivity contribution in [2.45, 2.75) is 52.4 Å². The Kier molecular flexibility index (Phi) is 12.0. The van der Waals surface area contributed by atoms with E-state index in [2.05, 4.69) is 13.5 Å². The van der Waals surface area contributed by atoms with Gasteiger partial charge in [-0.3, -0.25) is 0 Å². The quantitative estimate of drug-likeness (QED) is 0.0876. The first-order valence-electron chi connectivity index (χ1n) is 13.6. The predicted molar refractivity (Wildman–Crippen MR) is 153 cm³/mol. The largest absolute Gasteiger partial charge is 0.493 e. The second-order valence-corrected chi connectivity index (χ2v) is 9.27. The van der Waals surface area contributed by atoms with Crippen LogP contribution in [0.1, 0.15) is 70.9 Å². The van der Waals surface area contributed by atoms with E-state index in [4.69, 9.17) is 18.9 Å². The fourth-order valence-corrected chi connectivity index (χ4v) is 3.87. The molecule has 0 spiro atoms. The lowest BCUT2D eigenvalue weighted by Crippen LogP contribution is -2.10. The molecule has 3 rings (SSSR count). The van der Waals surface area contributed by atoms with E-state index < -0.39 is 11.9 Å². The van der Waals surface area contributed by atoms with E-state index in [9.17, 15) is 14.4 Å². The van der Waals surface area contributed by atoms with Gasteiger partial charge < -0.3 is 18.9 Å². The molecule has 0 unspecified atom stereocenters. The first-order valence-corrected chi connectivity index (χ1v) is 13.6. The van der Waals surface area contributed by atoms with Crippen molar-refractivity contribution in [3.05, 3.63) is 102 Å². The predicted octanol–water partition coefficient (Wildman–Crippen LogP) is 7.05. The van der Waals surface area contributed by atoms with Gasteiger partial charge in [-0.1, -0.05) is 44.9 Å². The first-order chi connectivity index (χ1) is 19.4. The van der Waals surface area contributed by atoms with Gasteiger partial charge >= 0.3 is 17.9 Å². The average Bonchev–Trinajstić information content (AvgIpc) is 2.97. The molecule has 0 bridgehead atoms. The highest BCUT2D eigenvalue weighted by atomic mass is 16.5. The van der Waals surface area contributed by atoms with Gasteiger partial charge in [-0.2, -0.15) is 0 Å². The van der Waals surface area contributed by atoms with Gasteiger partial charge in [-0.05, 0) is 91.9 Å². The third-order valence-corrected chi connectivity index (χ3v) is 6.21. The monoisotopic (exact) mass is 544 g/mol. The van der Waals surface area contributed by atoms with E-state index in [0.717, 1.165) is 55.4 Å². The molecule has 0 heterocycles. The first kappa shape index (κ1) is 30.2. The van der Waals surface area contributed by atoms with Crippen LogP contribution in [0.3, 0.4) is 0 Å². The van der Waals surface area contributed by atoms with Crippen LogP contribution in [-0.2, 0) is 16.0 Å². The van der Waals surface area contributed by atoms with Gasteiger partial charge in [0, 0.05) is 6.08 Å². The Labute approximate surface area is 235 Å². The van der Waals surface area contributed by atoms with Gasteiger partial charge in [-0.15, -0.1) is 0 Å². The van der Waals surface area contributed by atoms with Crippen molar-refractivity contribution >= 4 is 17.9 Å². The molecule has 3 aromatic carbocycles. The number of rotatable bonds is 15.